The number of ether oxygens (including phenoxy) is 2. The smallest absolute Gasteiger partial charge is 0.410 e. The topological polar surface area (TPSA) is 116 Å². The lowest BCUT2D eigenvalue weighted by molar-refractivity contribution is -0.176. The summed E-state index contributed by atoms with van der Waals surface area (Å²) in [5.74, 6) is 0.398. The number of anilines is 3. The van der Waals surface area contributed by atoms with E-state index in [-0.39, 0.29) is 5.91 Å². The van der Waals surface area contributed by atoms with Crippen molar-refractivity contribution >= 4 is 41.1 Å². The Balaban J connectivity index is 1.35. The van der Waals surface area contributed by atoms with Gasteiger partial charge in [0.2, 0.25) is 5.91 Å². The molecule has 4 rings (SSSR count). The molecule has 1 aromatic rings. The molecule has 2 atom stereocenters. The fourth-order valence-corrected chi connectivity index (χ4v) is 6.17. The zero-order chi connectivity index (χ0) is 30.6. The fraction of sp³-hybridized carbons (Fsp3) is 0.700. The first-order chi connectivity index (χ1) is 20.1. The van der Waals surface area contributed by atoms with Gasteiger partial charge in [0.05, 0.1) is 11.7 Å². The van der Waals surface area contributed by atoms with Crippen LogP contribution in [0.1, 0.15) is 54.4 Å². The Morgan fingerprint density at radius 2 is 1.60 bits per heavy atom. The summed E-state index contributed by atoms with van der Waals surface area (Å²) in [6.07, 6.45) is -0.304. The molecule has 0 aromatic carbocycles. The van der Waals surface area contributed by atoms with E-state index in [0.717, 1.165) is 49.9 Å². The SMILES string of the molecule is CCN(CC)c1ccc(N(CC)CC)c(N2CCN(C(=O)OCC(=O)OC3C(=O)C(C)(C)C(=O)N4CCCC34)CC2)n1. The van der Waals surface area contributed by atoms with Crippen molar-refractivity contribution in [2.24, 2.45) is 5.41 Å². The van der Waals surface area contributed by atoms with Crippen LogP contribution in [0.2, 0.25) is 0 Å². The van der Waals surface area contributed by atoms with E-state index in [0.29, 0.717) is 39.1 Å². The van der Waals surface area contributed by atoms with Crippen LogP contribution in [0.5, 0.6) is 0 Å². The maximum absolute atomic E-state index is 13.0. The summed E-state index contributed by atoms with van der Waals surface area (Å²) in [5, 5.41) is 0. The zero-order valence-corrected chi connectivity index (χ0v) is 25.9. The van der Waals surface area contributed by atoms with Crippen LogP contribution in [0.3, 0.4) is 0 Å². The molecule has 0 saturated carbocycles. The Kier molecular flexibility index (Phi) is 9.83. The number of aromatic nitrogens is 1. The van der Waals surface area contributed by atoms with Gasteiger partial charge in [-0.15, -0.1) is 0 Å². The highest BCUT2D eigenvalue weighted by Crippen LogP contribution is 2.37. The van der Waals surface area contributed by atoms with Crippen molar-refractivity contribution in [1.29, 1.82) is 0 Å². The van der Waals surface area contributed by atoms with Crippen LogP contribution in [-0.4, -0.2) is 116 Å². The van der Waals surface area contributed by atoms with Crippen LogP contribution >= 0.6 is 0 Å². The summed E-state index contributed by atoms with van der Waals surface area (Å²) in [5.41, 5.74) is -0.190. The lowest BCUT2D eigenvalue weighted by Gasteiger charge is -2.42. The Morgan fingerprint density at radius 3 is 2.21 bits per heavy atom. The second-order valence-corrected chi connectivity index (χ2v) is 11.5. The van der Waals surface area contributed by atoms with Crippen molar-refractivity contribution < 1.29 is 28.7 Å². The molecule has 12 heteroatoms. The van der Waals surface area contributed by atoms with Crippen molar-refractivity contribution in [2.45, 2.75) is 66.5 Å². The largest absolute Gasteiger partial charge is 0.450 e. The first kappa shape index (κ1) is 31.4. The molecule has 0 bridgehead atoms. The third-order valence-corrected chi connectivity index (χ3v) is 8.76. The van der Waals surface area contributed by atoms with Crippen LogP contribution in [-0.2, 0) is 23.9 Å². The number of hydrogen-bond donors (Lipinski definition) is 0. The maximum Gasteiger partial charge on any atom is 0.410 e. The number of hydrogen-bond acceptors (Lipinski definition) is 10. The van der Waals surface area contributed by atoms with E-state index in [1.54, 1.807) is 23.6 Å². The molecule has 0 N–H and O–H groups in total. The van der Waals surface area contributed by atoms with E-state index in [1.807, 2.05) is 0 Å². The molecular weight excluding hydrogens is 540 g/mol. The van der Waals surface area contributed by atoms with Crippen LogP contribution in [0.25, 0.3) is 0 Å². The molecule has 12 nitrogen and oxygen atoms in total. The number of fused-ring (bicyclic) bond motifs is 1. The van der Waals surface area contributed by atoms with Crippen LogP contribution in [0, 0.1) is 5.41 Å². The number of carbonyl (C=O) groups is 4. The number of carbonyl (C=O) groups excluding carboxylic acids is 4. The van der Waals surface area contributed by atoms with Crippen LogP contribution in [0.15, 0.2) is 12.1 Å². The molecule has 0 aliphatic carbocycles. The quantitative estimate of drug-likeness (QED) is 0.299. The van der Waals surface area contributed by atoms with Gasteiger partial charge in [0.1, 0.15) is 11.2 Å². The van der Waals surface area contributed by atoms with Gasteiger partial charge in [0, 0.05) is 58.9 Å². The summed E-state index contributed by atoms with van der Waals surface area (Å²) in [6.45, 7) is 17.0. The molecule has 0 spiro atoms. The molecule has 2 unspecified atom stereocenters. The molecule has 3 aliphatic heterocycles. The molecule has 2 amide bonds. The Hall–Kier alpha value is -3.57. The number of esters is 1. The molecule has 1 aromatic heterocycles. The number of amides is 2. The lowest BCUT2D eigenvalue weighted by Crippen LogP contribution is -2.62. The van der Waals surface area contributed by atoms with E-state index in [4.69, 9.17) is 14.5 Å². The van der Waals surface area contributed by atoms with Gasteiger partial charge in [0.15, 0.2) is 24.3 Å². The van der Waals surface area contributed by atoms with Gasteiger partial charge in [-0.05, 0) is 66.5 Å². The molecule has 3 saturated heterocycles. The van der Waals surface area contributed by atoms with Gasteiger partial charge in [-0.25, -0.2) is 14.6 Å². The minimum atomic E-state index is -1.26. The average molecular weight is 587 g/mol. The number of ketones is 1. The van der Waals surface area contributed by atoms with Gasteiger partial charge < -0.3 is 34.0 Å². The summed E-state index contributed by atoms with van der Waals surface area (Å²) < 4.78 is 10.8. The number of pyridine rings is 1. The highest BCUT2D eigenvalue weighted by molar-refractivity contribution is 6.10. The van der Waals surface area contributed by atoms with E-state index < -0.39 is 42.0 Å². The molecular formula is C30H46N6O6. The van der Waals surface area contributed by atoms with Crippen molar-refractivity contribution in [3.63, 3.8) is 0 Å². The molecule has 4 heterocycles. The highest BCUT2D eigenvalue weighted by Gasteiger charge is 2.55. The second kappa shape index (κ2) is 13.2. The van der Waals surface area contributed by atoms with Crippen molar-refractivity contribution in [1.82, 2.24) is 14.8 Å². The Morgan fingerprint density at radius 1 is 0.952 bits per heavy atom. The van der Waals surface area contributed by atoms with E-state index in [2.05, 4.69) is 54.5 Å². The lowest BCUT2D eigenvalue weighted by atomic mass is 9.77. The van der Waals surface area contributed by atoms with Crippen LogP contribution in [0.4, 0.5) is 22.1 Å². The maximum atomic E-state index is 13.0. The zero-order valence-electron chi connectivity index (χ0n) is 25.9. The summed E-state index contributed by atoms with van der Waals surface area (Å²) in [6, 6.07) is 3.75. The Bertz CT molecular complexity index is 1160. The highest BCUT2D eigenvalue weighted by atomic mass is 16.6. The molecule has 3 fully saturated rings. The average Bonchev–Trinajstić information content (AvgIpc) is 3.49. The van der Waals surface area contributed by atoms with E-state index in [1.165, 1.54) is 0 Å². The first-order valence-electron chi connectivity index (χ1n) is 15.3. The molecule has 0 radical (unpaired) electrons. The third kappa shape index (κ3) is 6.12. The number of nitrogens with zero attached hydrogens (tertiary/aromatic N) is 6. The van der Waals surface area contributed by atoms with Crippen LogP contribution < -0.4 is 14.7 Å². The second-order valence-electron chi connectivity index (χ2n) is 11.5. The van der Waals surface area contributed by atoms with E-state index >= 15 is 0 Å². The normalized spacial score (nSPS) is 21.7. The van der Waals surface area contributed by atoms with Crippen molar-refractivity contribution in [3.8, 4) is 0 Å². The number of rotatable bonds is 10. The number of piperazine rings is 1. The Labute approximate surface area is 248 Å². The van der Waals surface area contributed by atoms with Gasteiger partial charge in [-0.2, -0.15) is 0 Å². The van der Waals surface area contributed by atoms with Gasteiger partial charge in [-0.1, -0.05) is 0 Å². The van der Waals surface area contributed by atoms with E-state index in [9.17, 15) is 19.2 Å². The minimum absolute atomic E-state index is 0.230. The predicted molar refractivity (Wildman–Crippen MR) is 160 cm³/mol. The third-order valence-electron chi connectivity index (χ3n) is 8.76. The number of piperidine rings is 1. The first-order valence-corrected chi connectivity index (χ1v) is 15.3. The monoisotopic (exact) mass is 586 g/mol. The van der Waals surface area contributed by atoms with Gasteiger partial charge in [0.25, 0.3) is 0 Å². The molecule has 42 heavy (non-hydrogen) atoms. The standard InChI is InChI=1S/C30H46N6O6/c1-7-32(8-2)22-13-14-23(33(9-3)10-4)31-27(22)34-16-18-35(19-17-34)29(40)41-20-24(37)42-25-21-12-11-15-36(21)28(39)30(5,6)26(25)38/h13-14,21,25H,7-12,15-20H2,1-6H3. The van der Waals surface area contributed by atoms with Gasteiger partial charge in [-0.3, -0.25) is 9.59 Å². The van der Waals surface area contributed by atoms with Crippen molar-refractivity contribution in [3.05, 3.63) is 12.1 Å². The summed E-state index contributed by atoms with van der Waals surface area (Å²) >= 11 is 0. The summed E-state index contributed by atoms with van der Waals surface area (Å²) in [4.78, 5) is 66.2. The number of Topliss-reactive ketones (excluding diaryl/α,β-unsaturated/α-hetero) is 1. The van der Waals surface area contributed by atoms with Gasteiger partial charge >= 0.3 is 12.1 Å². The van der Waals surface area contributed by atoms with Crippen molar-refractivity contribution in [2.75, 3.05) is 80.2 Å². The fourth-order valence-electron chi connectivity index (χ4n) is 6.17. The minimum Gasteiger partial charge on any atom is -0.450 e. The molecule has 232 valence electrons. The summed E-state index contributed by atoms with van der Waals surface area (Å²) in [7, 11) is 0. The predicted octanol–water partition coefficient (Wildman–Crippen LogP) is 2.54. The molecule has 3 aliphatic rings.